The second-order valence-corrected chi connectivity index (χ2v) is 6.44. The molecule has 1 amide bonds. The van der Waals surface area contributed by atoms with Gasteiger partial charge >= 0.3 is 5.97 Å². The molecule has 1 aromatic carbocycles. The number of piperidine rings is 1. The van der Waals surface area contributed by atoms with Gasteiger partial charge in [0.1, 0.15) is 6.10 Å². The maximum absolute atomic E-state index is 12.3. The molecular formula is C18H23NO4. The molecule has 5 heteroatoms. The predicted octanol–water partition coefficient (Wildman–Crippen LogP) is 2.34. The second kappa shape index (κ2) is 7.13. The molecule has 0 bridgehead atoms. The van der Waals surface area contributed by atoms with Crippen LogP contribution in [0.1, 0.15) is 41.6 Å². The minimum Gasteiger partial charge on any atom is -0.478 e. The van der Waals surface area contributed by atoms with Gasteiger partial charge in [-0.2, -0.15) is 0 Å². The Balaban J connectivity index is 1.55. The second-order valence-electron chi connectivity index (χ2n) is 6.44. The fraction of sp³-hybridized carbons (Fsp3) is 0.556. The highest BCUT2D eigenvalue weighted by atomic mass is 16.5. The van der Waals surface area contributed by atoms with Crippen LogP contribution in [0.4, 0.5) is 0 Å². The summed E-state index contributed by atoms with van der Waals surface area (Å²) in [6.45, 7) is 2.19. The fourth-order valence-corrected chi connectivity index (χ4v) is 3.55. The van der Waals surface area contributed by atoms with Crippen molar-refractivity contribution >= 4 is 11.9 Å². The maximum atomic E-state index is 12.3. The smallest absolute Gasteiger partial charge is 0.335 e. The van der Waals surface area contributed by atoms with Gasteiger partial charge in [-0.3, -0.25) is 4.79 Å². The number of hydrogen-bond acceptors (Lipinski definition) is 3. The number of likely N-dealkylation sites (tertiary alicyclic amines) is 1. The summed E-state index contributed by atoms with van der Waals surface area (Å²) in [6.07, 6.45) is 4.19. The number of carboxylic acid groups (broad SMARTS) is 1. The normalized spacial score (nSPS) is 22.3. The van der Waals surface area contributed by atoms with Crippen LogP contribution in [0.2, 0.25) is 0 Å². The molecule has 0 radical (unpaired) electrons. The standard InChI is InChI=1S/C18H23NO4/c20-17(16-6-3-11-23-16)19-9-7-13(8-10-19)12-14-4-1-2-5-15(14)18(21)22/h1-2,4-5,13,16H,3,6-12H2,(H,21,22). The van der Waals surface area contributed by atoms with E-state index < -0.39 is 5.97 Å². The van der Waals surface area contributed by atoms with Gasteiger partial charge in [0.25, 0.3) is 5.91 Å². The Morgan fingerprint density at radius 2 is 1.91 bits per heavy atom. The largest absolute Gasteiger partial charge is 0.478 e. The summed E-state index contributed by atoms with van der Waals surface area (Å²) in [6, 6.07) is 7.20. The zero-order valence-electron chi connectivity index (χ0n) is 13.2. The van der Waals surface area contributed by atoms with Crippen LogP contribution in [0.5, 0.6) is 0 Å². The first-order valence-electron chi connectivity index (χ1n) is 8.36. The zero-order valence-corrected chi connectivity index (χ0v) is 13.2. The van der Waals surface area contributed by atoms with Gasteiger partial charge in [0.15, 0.2) is 0 Å². The van der Waals surface area contributed by atoms with E-state index in [0.29, 0.717) is 18.1 Å². The first-order valence-corrected chi connectivity index (χ1v) is 8.36. The highest BCUT2D eigenvalue weighted by Crippen LogP contribution is 2.25. The zero-order chi connectivity index (χ0) is 16.2. The lowest BCUT2D eigenvalue weighted by atomic mass is 9.88. The van der Waals surface area contributed by atoms with Crippen molar-refractivity contribution in [3.63, 3.8) is 0 Å². The van der Waals surface area contributed by atoms with Gasteiger partial charge in [0.2, 0.25) is 0 Å². The third kappa shape index (κ3) is 3.72. The molecule has 5 nitrogen and oxygen atoms in total. The summed E-state index contributed by atoms with van der Waals surface area (Å²) in [5, 5.41) is 9.26. The molecule has 2 aliphatic rings. The van der Waals surface area contributed by atoms with E-state index in [4.69, 9.17) is 4.74 Å². The molecule has 1 N–H and O–H groups in total. The average Bonchev–Trinajstić information content (AvgIpc) is 3.10. The quantitative estimate of drug-likeness (QED) is 0.925. The van der Waals surface area contributed by atoms with E-state index in [-0.39, 0.29) is 12.0 Å². The Hall–Kier alpha value is -1.88. The van der Waals surface area contributed by atoms with Crippen molar-refractivity contribution < 1.29 is 19.4 Å². The van der Waals surface area contributed by atoms with Gasteiger partial charge in [0, 0.05) is 19.7 Å². The van der Waals surface area contributed by atoms with E-state index >= 15 is 0 Å². The number of nitrogens with zero attached hydrogens (tertiary/aromatic N) is 1. The fourth-order valence-electron chi connectivity index (χ4n) is 3.55. The molecule has 0 saturated carbocycles. The highest BCUT2D eigenvalue weighted by molar-refractivity contribution is 5.89. The number of carbonyl (C=O) groups excluding carboxylic acids is 1. The molecule has 2 saturated heterocycles. The van der Waals surface area contributed by atoms with Gasteiger partial charge in [0.05, 0.1) is 5.56 Å². The maximum Gasteiger partial charge on any atom is 0.335 e. The lowest BCUT2D eigenvalue weighted by Gasteiger charge is -2.33. The van der Waals surface area contributed by atoms with Crippen LogP contribution in [0.15, 0.2) is 24.3 Å². The molecule has 1 unspecified atom stereocenters. The number of rotatable bonds is 4. The summed E-state index contributed by atoms with van der Waals surface area (Å²) in [5.74, 6) is -0.303. The summed E-state index contributed by atoms with van der Waals surface area (Å²) in [4.78, 5) is 25.5. The minimum atomic E-state index is -0.869. The number of benzene rings is 1. The van der Waals surface area contributed by atoms with Crippen molar-refractivity contribution in [3.8, 4) is 0 Å². The molecule has 3 rings (SSSR count). The molecule has 23 heavy (non-hydrogen) atoms. The van der Waals surface area contributed by atoms with Crippen molar-refractivity contribution in [2.45, 2.75) is 38.2 Å². The van der Waals surface area contributed by atoms with Crippen LogP contribution in [-0.4, -0.2) is 47.7 Å². The number of ether oxygens (including phenoxy) is 1. The molecular weight excluding hydrogens is 294 g/mol. The number of aromatic carboxylic acids is 1. The lowest BCUT2D eigenvalue weighted by Crippen LogP contribution is -2.44. The Morgan fingerprint density at radius 3 is 2.57 bits per heavy atom. The van der Waals surface area contributed by atoms with Gasteiger partial charge in [-0.1, -0.05) is 18.2 Å². The number of carbonyl (C=O) groups is 2. The number of carboxylic acids is 1. The first-order chi connectivity index (χ1) is 11.1. The summed E-state index contributed by atoms with van der Waals surface area (Å²) < 4.78 is 5.48. The third-order valence-corrected chi connectivity index (χ3v) is 4.89. The Morgan fingerprint density at radius 1 is 1.17 bits per heavy atom. The summed E-state index contributed by atoms with van der Waals surface area (Å²) in [7, 11) is 0. The molecule has 1 atom stereocenters. The van der Waals surface area contributed by atoms with Crippen molar-refractivity contribution in [2.24, 2.45) is 5.92 Å². The van der Waals surface area contributed by atoms with Crippen molar-refractivity contribution in [3.05, 3.63) is 35.4 Å². The van der Waals surface area contributed by atoms with E-state index in [0.717, 1.165) is 50.8 Å². The van der Waals surface area contributed by atoms with Crippen LogP contribution in [0, 0.1) is 5.92 Å². The third-order valence-electron chi connectivity index (χ3n) is 4.89. The Kier molecular flexibility index (Phi) is 4.96. The Labute approximate surface area is 136 Å². The van der Waals surface area contributed by atoms with Crippen LogP contribution < -0.4 is 0 Å². The number of hydrogen-bond donors (Lipinski definition) is 1. The van der Waals surface area contributed by atoms with Crippen molar-refractivity contribution in [1.82, 2.24) is 4.90 Å². The summed E-state index contributed by atoms with van der Waals surface area (Å²) >= 11 is 0. The first kappa shape index (κ1) is 16.0. The van der Waals surface area contributed by atoms with E-state index in [9.17, 15) is 14.7 Å². The Bertz CT molecular complexity index is 572. The van der Waals surface area contributed by atoms with Crippen molar-refractivity contribution in [2.75, 3.05) is 19.7 Å². The lowest BCUT2D eigenvalue weighted by molar-refractivity contribution is -0.142. The monoisotopic (exact) mass is 317 g/mol. The number of amides is 1. The highest BCUT2D eigenvalue weighted by Gasteiger charge is 2.31. The molecule has 124 valence electrons. The van der Waals surface area contributed by atoms with E-state index in [1.165, 1.54) is 0 Å². The van der Waals surface area contributed by atoms with Crippen molar-refractivity contribution in [1.29, 1.82) is 0 Å². The molecule has 0 aliphatic carbocycles. The van der Waals surface area contributed by atoms with E-state index in [2.05, 4.69) is 0 Å². The molecule has 0 aromatic heterocycles. The van der Waals surface area contributed by atoms with Crippen LogP contribution >= 0.6 is 0 Å². The molecule has 2 heterocycles. The van der Waals surface area contributed by atoms with Gasteiger partial charge in [-0.25, -0.2) is 4.79 Å². The summed E-state index contributed by atoms with van der Waals surface area (Å²) in [5.41, 5.74) is 1.29. The van der Waals surface area contributed by atoms with Crippen LogP contribution in [0.25, 0.3) is 0 Å². The van der Waals surface area contributed by atoms with E-state index in [1.807, 2.05) is 17.0 Å². The molecule has 2 aliphatic heterocycles. The van der Waals surface area contributed by atoms with Gasteiger partial charge in [-0.15, -0.1) is 0 Å². The van der Waals surface area contributed by atoms with Crippen LogP contribution in [-0.2, 0) is 16.0 Å². The van der Waals surface area contributed by atoms with Gasteiger partial charge in [-0.05, 0) is 49.7 Å². The van der Waals surface area contributed by atoms with Crippen LogP contribution in [0.3, 0.4) is 0 Å². The molecule has 2 fully saturated rings. The van der Waals surface area contributed by atoms with Gasteiger partial charge < -0.3 is 14.7 Å². The molecule has 0 spiro atoms. The SMILES string of the molecule is O=C(O)c1ccccc1CC1CCN(C(=O)C2CCCO2)CC1. The average molecular weight is 317 g/mol. The topological polar surface area (TPSA) is 66.8 Å². The molecule has 1 aromatic rings. The van der Waals surface area contributed by atoms with E-state index in [1.54, 1.807) is 12.1 Å². The minimum absolute atomic E-state index is 0.131. The predicted molar refractivity (Wildman–Crippen MR) is 85.4 cm³/mol.